The minimum Gasteiger partial charge on any atom is -0.497 e. The molecule has 0 saturated carbocycles. The lowest BCUT2D eigenvalue weighted by Crippen LogP contribution is -2.40. The van der Waals surface area contributed by atoms with Gasteiger partial charge in [-0.2, -0.15) is 0 Å². The highest BCUT2D eigenvalue weighted by Gasteiger charge is 2.18. The van der Waals surface area contributed by atoms with Gasteiger partial charge in [-0.15, -0.1) is 12.8 Å². The van der Waals surface area contributed by atoms with Gasteiger partial charge in [-0.05, 0) is 24.1 Å². The molecule has 0 unspecified atom stereocenters. The van der Waals surface area contributed by atoms with Gasteiger partial charge in [0.2, 0.25) is 0 Å². The van der Waals surface area contributed by atoms with E-state index in [-0.39, 0.29) is 24.3 Å². The minimum atomic E-state index is -0.598. The van der Waals surface area contributed by atoms with Crippen LogP contribution < -0.4 is 16.0 Å². The van der Waals surface area contributed by atoms with E-state index in [0.717, 1.165) is 10.1 Å². The second kappa shape index (κ2) is 7.61. The number of terminal acetylenes is 2. The Labute approximate surface area is 161 Å². The van der Waals surface area contributed by atoms with Crippen molar-refractivity contribution in [3.8, 4) is 42.3 Å². The molecule has 0 aliphatic carbocycles. The summed E-state index contributed by atoms with van der Waals surface area (Å²) < 4.78 is 8.91. The number of methoxy groups -OCH3 is 1. The molecule has 0 aliphatic heterocycles. The van der Waals surface area contributed by atoms with Crippen molar-refractivity contribution in [2.24, 2.45) is 7.05 Å². The van der Waals surface area contributed by atoms with E-state index in [1.54, 1.807) is 20.2 Å². The van der Waals surface area contributed by atoms with Crippen molar-refractivity contribution in [1.82, 2.24) is 18.7 Å². The molecule has 0 N–H and O–H groups in total. The van der Waals surface area contributed by atoms with Crippen LogP contribution in [-0.2, 0) is 20.1 Å². The zero-order chi connectivity index (χ0) is 20.3. The maximum Gasteiger partial charge on any atom is 0.334 e. The fourth-order valence-electron chi connectivity index (χ4n) is 2.77. The van der Waals surface area contributed by atoms with E-state index >= 15 is 0 Å². The first-order chi connectivity index (χ1) is 13.5. The third-order valence-corrected chi connectivity index (χ3v) is 4.13. The van der Waals surface area contributed by atoms with Crippen molar-refractivity contribution >= 4 is 11.2 Å². The van der Waals surface area contributed by atoms with Crippen LogP contribution in [0.4, 0.5) is 0 Å². The number of hydrogen-bond acceptors (Lipinski definition) is 4. The summed E-state index contributed by atoms with van der Waals surface area (Å²) in [4.78, 5) is 29.7. The van der Waals surface area contributed by atoms with Gasteiger partial charge in [0.1, 0.15) is 5.75 Å². The van der Waals surface area contributed by atoms with Gasteiger partial charge in [-0.3, -0.25) is 9.36 Å². The van der Waals surface area contributed by atoms with E-state index in [0.29, 0.717) is 11.6 Å². The number of aromatic nitrogens is 4. The number of aryl methyl sites for hydroxylation is 1. The number of benzene rings is 1. The summed E-state index contributed by atoms with van der Waals surface area (Å²) in [5.41, 5.74) is -0.0228. The van der Waals surface area contributed by atoms with E-state index in [2.05, 4.69) is 28.7 Å². The Kier molecular flexibility index (Phi) is 5.07. The summed E-state index contributed by atoms with van der Waals surface area (Å²) in [7, 11) is 3.22. The van der Waals surface area contributed by atoms with Crippen LogP contribution in [0.3, 0.4) is 0 Å². The number of imidazole rings is 1. The van der Waals surface area contributed by atoms with Gasteiger partial charge >= 0.3 is 5.69 Å². The molecule has 3 rings (SSSR count). The van der Waals surface area contributed by atoms with Crippen LogP contribution in [0.2, 0.25) is 0 Å². The Morgan fingerprint density at radius 2 is 1.82 bits per heavy atom. The van der Waals surface area contributed by atoms with E-state index in [4.69, 9.17) is 17.6 Å². The van der Waals surface area contributed by atoms with Crippen LogP contribution in [0.15, 0.2) is 33.9 Å². The van der Waals surface area contributed by atoms with Gasteiger partial charge in [-0.1, -0.05) is 23.8 Å². The van der Waals surface area contributed by atoms with Crippen LogP contribution in [0.25, 0.3) is 11.2 Å². The Morgan fingerprint density at radius 1 is 1.11 bits per heavy atom. The van der Waals surface area contributed by atoms with Crippen molar-refractivity contribution in [2.45, 2.75) is 13.1 Å². The SMILES string of the molecule is C#CCn1c(=O)c2c(nc(C#Cc3cccc(OC)c3)n2C)n(CC#C)c1=O. The number of nitrogens with zero attached hydrogens (tertiary/aromatic N) is 4. The monoisotopic (exact) mass is 372 g/mol. The highest BCUT2D eigenvalue weighted by atomic mass is 16.5. The summed E-state index contributed by atoms with van der Waals surface area (Å²) in [6, 6.07) is 7.24. The van der Waals surface area contributed by atoms with Gasteiger partial charge in [0.05, 0.1) is 20.2 Å². The number of ether oxygens (including phenoxy) is 1. The third-order valence-electron chi connectivity index (χ3n) is 4.13. The maximum atomic E-state index is 12.8. The van der Waals surface area contributed by atoms with Gasteiger partial charge in [-0.25, -0.2) is 14.3 Å². The average molecular weight is 372 g/mol. The molecule has 3 aromatic rings. The van der Waals surface area contributed by atoms with Crippen molar-refractivity contribution in [1.29, 1.82) is 0 Å². The van der Waals surface area contributed by atoms with Crippen LogP contribution in [0.1, 0.15) is 11.4 Å². The average Bonchev–Trinajstić information content (AvgIpc) is 3.03. The predicted octanol–water partition coefficient (Wildman–Crippen LogP) is 0.572. The Balaban J connectivity index is 2.25. The lowest BCUT2D eigenvalue weighted by atomic mass is 10.2. The Bertz CT molecular complexity index is 1330. The zero-order valence-corrected chi connectivity index (χ0v) is 15.4. The number of fused-ring (bicyclic) bond motifs is 1. The van der Waals surface area contributed by atoms with Crippen molar-refractivity contribution in [3.63, 3.8) is 0 Å². The quantitative estimate of drug-likeness (QED) is 0.631. The Morgan fingerprint density at radius 3 is 2.50 bits per heavy atom. The standard InChI is InChI=1S/C21H16N4O3/c1-5-12-24-19-18(20(26)25(13-6-2)21(24)27)23(3)17(22-19)11-10-15-8-7-9-16(14-15)28-4/h1-2,7-9,14H,12-13H2,3-4H3. The van der Waals surface area contributed by atoms with Crippen LogP contribution in [0, 0.1) is 36.5 Å². The minimum absolute atomic E-state index is 0.0417. The van der Waals surface area contributed by atoms with Crippen LogP contribution in [0.5, 0.6) is 5.75 Å². The molecule has 0 aliphatic rings. The highest BCUT2D eigenvalue weighted by molar-refractivity contribution is 5.72. The molecule has 138 valence electrons. The van der Waals surface area contributed by atoms with Crippen LogP contribution >= 0.6 is 0 Å². The fraction of sp³-hybridized carbons (Fsp3) is 0.190. The Hall–Kier alpha value is -4.15. The molecule has 2 heterocycles. The summed E-state index contributed by atoms with van der Waals surface area (Å²) >= 11 is 0. The topological polar surface area (TPSA) is 71.1 Å². The first-order valence-electron chi connectivity index (χ1n) is 8.24. The molecule has 7 nitrogen and oxygen atoms in total. The molecule has 1 aromatic carbocycles. The number of hydrogen-bond donors (Lipinski definition) is 0. The van der Waals surface area contributed by atoms with Gasteiger partial charge in [0, 0.05) is 12.6 Å². The van der Waals surface area contributed by atoms with E-state index < -0.39 is 11.2 Å². The van der Waals surface area contributed by atoms with Crippen molar-refractivity contribution in [3.05, 3.63) is 56.5 Å². The summed E-state index contributed by atoms with van der Waals surface area (Å²) in [6.45, 7) is -0.200. The van der Waals surface area contributed by atoms with Gasteiger partial charge < -0.3 is 9.30 Å². The first-order valence-corrected chi connectivity index (χ1v) is 8.24. The van der Waals surface area contributed by atoms with Crippen molar-refractivity contribution < 1.29 is 4.74 Å². The second-order valence-electron chi connectivity index (χ2n) is 5.82. The molecule has 2 aromatic heterocycles. The molecule has 0 saturated heterocycles. The molecule has 0 spiro atoms. The predicted molar refractivity (Wildman–Crippen MR) is 106 cm³/mol. The lowest BCUT2D eigenvalue weighted by Gasteiger charge is -2.07. The summed E-state index contributed by atoms with van der Waals surface area (Å²) in [5, 5.41) is 0. The highest BCUT2D eigenvalue weighted by Crippen LogP contribution is 2.12. The normalized spacial score (nSPS) is 10.0. The van der Waals surface area contributed by atoms with Gasteiger partial charge in [0.25, 0.3) is 5.56 Å². The zero-order valence-electron chi connectivity index (χ0n) is 15.4. The molecular formula is C21H16N4O3. The molecule has 28 heavy (non-hydrogen) atoms. The summed E-state index contributed by atoms with van der Waals surface area (Å²) in [6.07, 6.45) is 10.7. The molecule has 0 fully saturated rings. The molecule has 0 amide bonds. The third kappa shape index (κ3) is 3.16. The molecule has 0 bridgehead atoms. The first kappa shape index (κ1) is 18.6. The molecule has 0 atom stereocenters. The molecule has 7 heteroatoms. The summed E-state index contributed by atoms with van der Waals surface area (Å²) in [5.74, 6) is 11.6. The van der Waals surface area contributed by atoms with Crippen molar-refractivity contribution in [2.75, 3.05) is 7.11 Å². The van der Waals surface area contributed by atoms with Gasteiger partial charge in [0.15, 0.2) is 17.0 Å². The fourth-order valence-corrected chi connectivity index (χ4v) is 2.77. The van der Waals surface area contributed by atoms with E-state index in [1.807, 2.05) is 18.2 Å². The molecule has 0 radical (unpaired) electrons. The van der Waals surface area contributed by atoms with Crippen LogP contribution in [-0.4, -0.2) is 25.8 Å². The largest absolute Gasteiger partial charge is 0.497 e. The smallest absolute Gasteiger partial charge is 0.334 e. The maximum absolute atomic E-state index is 12.8. The second-order valence-corrected chi connectivity index (χ2v) is 5.82. The van der Waals surface area contributed by atoms with E-state index in [9.17, 15) is 9.59 Å². The lowest BCUT2D eigenvalue weighted by molar-refractivity contribution is 0.414. The van der Waals surface area contributed by atoms with E-state index in [1.165, 1.54) is 9.13 Å². The number of rotatable bonds is 3. The molecular weight excluding hydrogens is 356 g/mol.